The van der Waals surface area contributed by atoms with Crippen molar-refractivity contribution < 1.29 is 0 Å². The molecule has 0 spiro atoms. The maximum absolute atomic E-state index is 2.41. The molecule has 6 aromatic carbocycles. The first-order valence-electron chi connectivity index (χ1n) is 14.4. The van der Waals surface area contributed by atoms with E-state index in [9.17, 15) is 0 Å². The van der Waals surface area contributed by atoms with Crippen LogP contribution in [0, 0.1) is 0 Å². The molecule has 0 saturated carbocycles. The lowest BCUT2D eigenvalue weighted by molar-refractivity contribution is 0.965. The monoisotopic (exact) mass is 523 g/mol. The fourth-order valence-electron chi connectivity index (χ4n) is 6.61. The molecule has 8 rings (SSSR count). The smallest absolute Gasteiger partial charge is 0.0540 e. The predicted octanol–water partition coefficient (Wildman–Crippen LogP) is 10.5. The number of para-hydroxylation sites is 2. The van der Waals surface area contributed by atoms with Gasteiger partial charge in [-0.25, -0.2) is 0 Å². The van der Waals surface area contributed by atoms with Gasteiger partial charge in [0.15, 0.2) is 0 Å². The van der Waals surface area contributed by atoms with E-state index in [1.54, 1.807) is 0 Å². The molecular weight excluding hydrogens is 494 g/mol. The van der Waals surface area contributed by atoms with Crippen molar-refractivity contribution in [2.24, 2.45) is 0 Å². The van der Waals surface area contributed by atoms with Crippen molar-refractivity contribution in [3.63, 3.8) is 0 Å². The Bertz CT molecular complexity index is 1830. The van der Waals surface area contributed by atoms with Crippen molar-refractivity contribution >= 4 is 28.7 Å². The molecule has 0 saturated heterocycles. The first kappa shape index (κ1) is 23.7. The van der Waals surface area contributed by atoms with Crippen LogP contribution >= 0.6 is 0 Å². The molecule has 1 nitrogen and oxygen atoms in total. The molecule has 0 aromatic heterocycles. The molecular formula is C40H29N. The van der Waals surface area contributed by atoms with Crippen LogP contribution in [0.15, 0.2) is 146 Å². The number of nitrogens with zero attached hydrogens (tertiary/aromatic N) is 1. The highest BCUT2D eigenvalue weighted by molar-refractivity contribution is 6.02. The largest absolute Gasteiger partial charge is 0.309 e. The van der Waals surface area contributed by atoms with Gasteiger partial charge in [-0.2, -0.15) is 0 Å². The van der Waals surface area contributed by atoms with Crippen molar-refractivity contribution in [3.8, 4) is 22.3 Å². The standard InChI is InChI=1S/C40H29N/c1-3-13-32-29(11-1)23-24-30-12-2-4-14-33(30)38(32)27-28-21-25-31(26-22-28)41-39-19-9-7-17-36(39)34-15-5-6-16-35(34)37-18-8-10-20-40(37)41/h1-22,25-27H,23-24H2. The number of anilines is 3. The third-order valence-corrected chi connectivity index (χ3v) is 8.54. The minimum atomic E-state index is 1.07. The van der Waals surface area contributed by atoms with E-state index < -0.39 is 0 Å². The molecule has 0 N–H and O–H groups in total. The van der Waals surface area contributed by atoms with Crippen LogP contribution in [0.3, 0.4) is 0 Å². The second-order valence-electron chi connectivity index (χ2n) is 10.9. The van der Waals surface area contributed by atoms with Gasteiger partial charge in [-0.05, 0) is 87.7 Å². The van der Waals surface area contributed by atoms with Gasteiger partial charge in [0.1, 0.15) is 0 Å². The molecule has 1 aliphatic carbocycles. The number of fused-ring (bicyclic) bond motifs is 7. The van der Waals surface area contributed by atoms with Crippen LogP contribution in [0.25, 0.3) is 33.9 Å². The quantitative estimate of drug-likeness (QED) is 0.218. The minimum Gasteiger partial charge on any atom is -0.309 e. The van der Waals surface area contributed by atoms with Crippen LogP contribution in [0.5, 0.6) is 0 Å². The number of rotatable bonds is 2. The highest BCUT2D eigenvalue weighted by Gasteiger charge is 2.25. The van der Waals surface area contributed by atoms with Crippen molar-refractivity contribution in [1.29, 1.82) is 0 Å². The van der Waals surface area contributed by atoms with Gasteiger partial charge in [-0.3, -0.25) is 0 Å². The average Bonchev–Trinajstić information content (AvgIpc) is 3.27. The van der Waals surface area contributed by atoms with Gasteiger partial charge in [0.05, 0.1) is 11.4 Å². The third kappa shape index (κ3) is 4.01. The summed E-state index contributed by atoms with van der Waals surface area (Å²) in [5, 5.41) is 0. The lowest BCUT2D eigenvalue weighted by atomic mass is 9.92. The minimum absolute atomic E-state index is 1.07. The Kier molecular flexibility index (Phi) is 5.67. The first-order valence-corrected chi connectivity index (χ1v) is 14.4. The Labute approximate surface area is 241 Å². The fourth-order valence-corrected chi connectivity index (χ4v) is 6.61. The van der Waals surface area contributed by atoms with Gasteiger partial charge in [-0.15, -0.1) is 0 Å². The number of aryl methyl sites for hydroxylation is 2. The summed E-state index contributed by atoms with van der Waals surface area (Å²) in [4.78, 5) is 2.41. The molecule has 1 aliphatic heterocycles. The number of hydrogen-bond donors (Lipinski definition) is 0. The number of benzene rings is 6. The summed E-state index contributed by atoms with van der Waals surface area (Å²) in [6.45, 7) is 0. The molecule has 0 unspecified atom stereocenters. The zero-order valence-corrected chi connectivity index (χ0v) is 22.8. The van der Waals surface area contributed by atoms with E-state index in [-0.39, 0.29) is 0 Å². The average molecular weight is 524 g/mol. The maximum atomic E-state index is 2.41. The topological polar surface area (TPSA) is 3.24 Å². The van der Waals surface area contributed by atoms with Crippen molar-refractivity contribution in [2.45, 2.75) is 12.8 Å². The third-order valence-electron chi connectivity index (χ3n) is 8.54. The van der Waals surface area contributed by atoms with Crippen molar-refractivity contribution in [3.05, 3.63) is 173 Å². The second kappa shape index (κ2) is 9.80. The Balaban J connectivity index is 1.27. The first-order chi connectivity index (χ1) is 20.3. The zero-order valence-electron chi connectivity index (χ0n) is 22.8. The second-order valence-corrected chi connectivity index (χ2v) is 10.9. The van der Waals surface area contributed by atoms with Gasteiger partial charge >= 0.3 is 0 Å². The van der Waals surface area contributed by atoms with Crippen LogP contribution < -0.4 is 4.90 Å². The van der Waals surface area contributed by atoms with E-state index in [0.717, 1.165) is 18.5 Å². The highest BCUT2D eigenvalue weighted by Crippen LogP contribution is 2.50. The van der Waals surface area contributed by atoms with E-state index in [1.165, 1.54) is 67.0 Å². The molecule has 194 valence electrons. The molecule has 1 heteroatoms. The van der Waals surface area contributed by atoms with Gasteiger partial charge in [0.25, 0.3) is 0 Å². The van der Waals surface area contributed by atoms with E-state index in [4.69, 9.17) is 0 Å². The van der Waals surface area contributed by atoms with Gasteiger partial charge < -0.3 is 4.90 Å². The molecule has 0 radical (unpaired) electrons. The fraction of sp³-hybridized carbons (Fsp3) is 0.0500. The summed E-state index contributed by atoms with van der Waals surface area (Å²) in [5.41, 5.74) is 16.6. The summed E-state index contributed by atoms with van der Waals surface area (Å²) >= 11 is 0. The van der Waals surface area contributed by atoms with E-state index in [2.05, 4.69) is 157 Å². The normalized spacial score (nSPS) is 13.1. The Morgan fingerprint density at radius 3 is 1.32 bits per heavy atom. The molecule has 0 fully saturated rings. The van der Waals surface area contributed by atoms with E-state index >= 15 is 0 Å². The van der Waals surface area contributed by atoms with Gasteiger partial charge in [-0.1, -0.05) is 121 Å². The summed E-state index contributed by atoms with van der Waals surface area (Å²) in [6, 6.07) is 53.1. The van der Waals surface area contributed by atoms with Crippen LogP contribution in [-0.4, -0.2) is 0 Å². The van der Waals surface area contributed by atoms with Gasteiger partial charge in [0.2, 0.25) is 0 Å². The molecule has 0 bridgehead atoms. The summed E-state index contributed by atoms with van der Waals surface area (Å²) in [7, 11) is 0. The summed E-state index contributed by atoms with van der Waals surface area (Å²) in [5.74, 6) is 0. The molecule has 2 aliphatic rings. The van der Waals surface area contributed by atoms with Crippen LogP contribution in [0.4, 0.5) is 17.1 Å². The molecule has 6 aromatic rings. The molecule has 41 heavy (non-hydrogen) atoms. The van der Waals surface area contributed by atoms with E-state index in [0.29, 0.717) is 0 Å². The zero-order chi connectivity index (χ0) is 27.2. The van der Waals surface area contributed by atoms with Crippen LogP contribution in [-0.2, 0) is 12.8 Å². The van der Waals surface area contributed by atoms with Crippen molar-refractivity contribution in [2.75, 3.05) is 4.90 Å². The van der Waals surface area contributed by atoms with E-state index in [1.807, 2.05) is 0 Å². The summed E-state index contributed by atoms with van der Waals surface area (Å²) in [6.07, 6.45) is 4.51. The molecule has 1 heterocycles. The Hall–Kier alpha value is -5.14. The Morgan fingerprint density at radius 2 is 0.805 bits per heavy atom. The maximum Gasteiger partial charge on any atom is 0.0540 e. The van der Waals surface area contributed by atoms with Crippen molar-refractivity contribution in [1.82, 2.24) is 0 Å². The highest BCUT2D eigenvalue weighted by atomic mass is 15.1. The molecule has 0 amide bonds. The number of hydrogen-bond acceptors (Lipinski definition) is 1. The lowest BCUT2D eigenvalue weighted by Crippen LogP contribution is -2.10. The molecule has 0 atom stereocenters. The van der Waals surface area contributed by atoms with Crippen LogP contribution in [0.2, 0.25) is 0 Å². The SMILES string of the molecule is C(=C1c2ccccc2CCc2ccccc21)c1ccc(N2c3ccccc3-c3ccccc3-c3ccccc32)cc1. The summed E-state index contributed by atoms with van der Waals surface area (Å²) < 4.78 is 0. The Morgan fingerprint density at radius 1 is 0.390 bits per heavy atom. The predicted molar refractivity (Wildman–Crippen MR) is 173 cm³/mol. The van der Waals surface area contributed by atoms with Crippen LogP contribution in [0.1, 0.15) is 27.8 Å². The van der Waals surface area contributed by atoms with Gasteiger partial charge in [0, 0.05) is 16.8 Å². The lowest BCUT2D eigenvalue weighted by Gasteiger charge is -2.27.